The van der Waals surface area contributed by atoms with E-state index in [1.807, 2.05) is 17.8 Å². The van der Waals surface area contributed by atoms with Crippen molar-refractivity contribution < 1.29 is 9.71 Å². The molecule has 2 atom stereocenters. The molecule has 0 saturated carbocycles. The van der Waals surface area contributed by atoms with Gasteiger partial charge in [-0.3, -0.25) is 0 Å². The number of thioether (sulfide) groups is 1. The molecular weight excluding hydrogens is 213 g/mol. The number of alkyl halides is 1. The third-order valence-electron chi connectivity index (χ3n) is 2.85. The van der Waals surface area contributed by atoms with Crippen molar-refractivity contribution in [2.75, 3.05) is 18.8 Å². The predicted molar refractivity (Wildman–Crippen MR) is 58.6 cm³/mol. The zero-order valence-electron chi connectivity index (χ0n) is 8.90. The molecule has 0 amide bonds. The average molecular weight is 230 g/mol. The highest BCUT2D eigenvalue weighted by molar-refractivity contribution is 7.99. The Morgan fingerprint density at radius 1 is 1.73 bits per heavy atom. The Morgan fingerprint density at radius 3 is 3.27 bits per heavy atom. The molecule has 2 N–H and O–H groups in total. The highest BCUT2D eigenvalue weighted by atomic mass is 32.2. The number of halogens is 1. The number of rotatable bonds is 3. The van der Waals surface area contributed by atoms with Gasteiger partial charge in [-0.2, -0.15) is 0 Å². The fraction of sp³-hybridized carbons (Fsp3) is 0.700. The number of quaternary nitrogens is 1. The number of aromatic nitrogens is 2. The van der Waals surface area contributed by atoms with E-state index in [2.05, 4.69) is 10.3 Å². The quantitative estimate of drug-likeness (QED) is 0.764. The number of hydrogen-bond acceptors (Lipinski definition) is 2. The first-order valence-corrected chi connectivity index (χ1v) is 6.32. The maximum absolute atomic E-state index is 13.5. The molecule has 0 spiro atoms. The number of hydrogen-bond donors (Lipinski definition) is 1. The fourth-order valence-electron chi connectivity index (χ4n) is 1.84. The lowest BCUT2D eigenvalue weighted by Crippen LogP contribution is -2.88. The highest BCUT2D eigenvalue weighted by Crippen LogP contribution is 2.23. The van der Waals surface area contributed by atoms with Gasteiger partial charge in [-0.05, 0) is 0 Å². The van der Waals surface area contributed by atoms with Crippen LogP contribution in [0.25, 0.3) is 0 Å². The molecule has 15 heavy (non-hydrogen) atoms. The lowest BCUT2D eigenvalue weighted by molar-refractivity contribution is -0.670. The molecule has 1 aliphatic heterocycles. The maximum Gasteiger partial charge on any atom is 0.167 e. The van der Waals surface area contributed by atoms with Crippen LogP contribution in [0.5, 0.6) is 0 Å². The van der Waals surface area contributed by atoms with E-state index in [-0.39, 0.29) is 5.92 Å². The minimum absolute atomic E-state index is 0.205. The van der Waals surface area contributed by atoms with Crippen LogP contribution in [0.15, 0.2) is 17.6 Å². The molecule has 2 rings (SSSR count). The van der Waals surface area contributed by atoms with Crippen LogP contribution in [0.1, 0.15) is 6.42 Å². The number of imidazole rings is 1. The Morgan fingerprint density at radius 2 is 2.60 bits per heavy atom. The van der Waals surface area contributed by atoms with Crippen LogP contribution in [0.3, 0.4) is 0 Å². The second-order valence-electron chi connectivity index (χ2n) is 4.01. The third kappa shape index (κ3) is 2.72. The number of nitrogens with two attached hydrogens (primary N) is 1. The van der Waals surface area contributed by atoms with Crippen LogP contribution < -0.4 is 5.32 Å². The molecule has 1 aromatic heterocycles. The smallest absolute Gasteiger partial charge is 0.167 e. The van der Waals surface area contributed by atoms with Crippen molar-refractivity contribution in [2.45, 2.75) is 17.7 Å². The molecule has 0 aliphatic carbocycles. The molecule has 1 fully saturated rings. The summed E-state index contributed by atoms with van der Waals surface area (Å²) < 4.78 is 15.5. The maximum atomic E-state index is 13.5. The van der Waals surface area contributed by atoms with Gasteiger partial charge in [0, 0.05) is 37.5 Å². The summed E-state index contributed by atoms with van der Waals surface area (Å²) in [7, 11) is 1.97. The van der Waals surface area contributed by atoms with Crippen LogP contribution in [-0.2, 0) is 7.05 Å². The van der Waals surface area contributed by atoms with Crippen molar-refractivity contribution in [1.29, 1.82) is 0 Å². The Bertz CT molecular complexity index is 315. The SMILES string of the molecule is Cn1ccnc1SC[C@H]1CC[NH2+]C[C@@H]1F. The molecule has 1 aliphatic rings. The third-order valence-corrected chi connectivity index (χ3v) is 4.09. The largest absolute Gasteiger partial charge is 0.344 e. The summed E-state index contributed by atoms with van der Waals surface area (Å²) in [4.78, 5) is 4.22. The van der Waals surface area contributed by atoms with E-state index in [0.29, 0.717) is 6.54 Å². The van der Waals surface area contributed by atoms with Gasteiger partial charge in [0.05, 0.1) is 6.54 Å². The van der Waals surface area contributed by atoms with Crippen LogP contribution in [0.4, 0.5) is 4.39 Å². The van der Waals surface area contributed by atoms with Crippen LogP contribution in [-0.4, -0.2) is 34.6 Å². The van der Waals surface area contributed by atoms with Gasteiger partial charge in [0.2, 0.25) is 0 Å². The number of piperidine rings is 1. The molecule has 0 bridgehead atoms. The lowest BCUT2D eigenvalue weighted by Gasteiger charge is -2.23. The first-order valence-electron chi connectivity index (χ1n) is 5.33. The van der Waals surface area contributed by atoms with E-state index in [1.165, 1.54) is 0 Å². The molecule has 0 radical (unpaired) electrons. The number of nitrogens with zero attached hydrogens (tertiary/aromatic N) is 2. The Hall–Kier alpha value is -0.550. The molecular formula is C10H17FN3S+. The Balaban J connectivity index is 1.84. The molecule has 84 valence electrons. The first-order chi connectivity index (χ1) is 7.27. The molecule has 1 saturated heterocycles. The van der Waals surface area contributed by atoms with Gasteiger partial charge in [0.1, 0.15) is 6.54 Å². The van der Waals surface area contributed by atoms with Gasteiger partial charge in [0.15, 0.2) is 11.3 Å². The van der Waals surface area contributed by atoms with Crippen LogP contribution in [0, 0.1) is 5.92 Å². The predicted octanol–water partition coefficient (Wildman–Crippen LogP) is 0.434. The van der Waals surface area contributed by atoms with Crippen molar-refractivity contribution in [3.8, 4) is 0 Å². The van der Waals surface area contributed by atoms with Gasteiger partial charge >= 0.3 is 0 Å². The van der Waals surface area contributed by atoms with E-state index in [9.17, 15) is 4.39 Å². The second kappa shape index (κ2) is 4.99. The summed E-state index contributed by atoms with van der Waals surface area (Å²) in [6, 6.07) is 0. The normalized spacial score (nSPS) is 26.8. The van der Waals surface area contributed by atoms with Gasteiger partial charge < -0.3 is 9.88 Å². The van der Waals surface area contributed by atoms with Crippen molar-refractivity contribution in [3.05, 3.63) is 12.4 Å². The zero-order valence-corrected chi connectivity index (χ0v) is 9.71. The van der Waals surface area contributed by atoms with Crippen molar-refractivity contribution in [2.24, 2.45) is 13.0 Å². The minimum atomic E-state index is -0.647. The Kier molecular flexibility index (Phi) is 3.64. The van der Waals surface area contributed by atoms with E-state index < -0.39 is 6.17 Å². The summed E-state index contributed by atoms with van der Waals surface area (Å²) in [5, 5.41) is 3.05. The fourth-order valence-corrected chi connectivity index (χ4v) is 2.98. The zero-order chi connectivity index (χ0) is 10.7. The summed E-state index contributed by atoms with van der Waals surface area (Å²) in [5.74, 6) is 1.05. The summed E-state index contributed by atoms with van der Waals surface area (Å²) in [6.07, 6.45) is 4.04. The van der Waals surface area contributed by atoms with Gasteiger partial charge in [-0.1, -0.05) is 11.8 Å². The molecule has 2 heterocycles. The van der Waals surface area contributed by atoms with E-state index in [0.717, 1.165) is 23.9 Å². The van der Waals surface area contributed by atoms with Gasteiger partial charge in [-0.25, -0.2) is 9.37 Å². The molecule has 5 heteroatoms. The highest BCUT2D eigenvalue weighted by Gasteiger charge is 2.27. The summed E-state index contributed by atoms with van der Waals surface area (Å²) >= 11 is 1.66. The summed E-state index contributed by atoms with van der Waals surface area (Å²) in [5.41, 5.74) is 0. The van der Waals surface area contributed by atoms with Crippen molar-refractivity contribution in [3.63, 3.8) is 0 Å². The molecule has 0 aromatic carbocycles. The molecule has 1 aromatic rings. The molecule has 0 unspecified atom stereocenters. The van der Waals surface area contributed by atoms with E-state index >= 15 is 0 Å². The monoisotopic (exact) mass is 230 g/mol. The van der Waals surface area contributed by atoms with Crippen molar-refractivity contribution >= 4 is 11.8 Å². The summed E-state index contributed by atoms with van der Waals surface area (Å²) in [6.45, 7) is 1.69. The van der Waals surface area contributed by atoms with Crippen molar-refractivity contribution in [1.82, 2.24) is 9.55 Å². The minimum Gasteiger partial charge on any atom is -0.344 e. The van der Waals surface area contributed by atoms with E-state index in [4.69, 9.17) is 0 Å². The van der Waals surface area contributed by atoms with Crippen LogP contribution in [0.2, 0.25) is 0 Å². The average Bonchev–Trinajstić information content (AvgIpc) is 2.63. The lowest BCUT2D eigenvalue weighted by atomic mass is 9.99. The molecule has 3 nitrogen and oxygen atoms in total. The van der Waals surface area contributed by atoms with Gasteiger partial charge in [-0.15, -0.1) is 0 Å². The first kappa shape index (κ1) is 11.0. The topological polar surface area (TPSA) is 34.4 Å². The van der Waals surface area contributed by atoms with E-state index in [1.54, 1.807) is 18.0 Å². The number of aryl methyl sites for hydroxylation is 1. The Labute approximate surface area is 93.5 Å². The van der Waals surface area contributed by atoms with Gasteiger partial charge in [0.25, 0.3) is 0 Å². The van der Waals surface area contributed by atoms with Crippen LogP contribution >= 0.6 is 11.8 Å². The standard InChI is InChI=1S/C10H16FN3S/c1-14-5-4-13-10(14)15-7-8-2-3-12-6-9(8)11/h4-5,8-9,12H,2-3,6-7H2,1H3/p+1/t8-,9+/m1/s1. The second-order valence-corrected chi connectivity index (χ2v) is 5.00.